The molecule has 0 radical (unpaired) electrons. The third-order valence-corrected chi connectivity index (χ3v) is 11.9. The van der Waals surface area contributed by atoms with Crippen LogP contribution < -0.4 is 18.6 Å². The summed E-state index contributed by atoms with van der Waals surface area (Å²) in [4.78, 5) is 5.29. The van der Waals surface area contributed by atoms with E-state index in [2.05, 4.69) is 9.95 Å². The van der Waals surface area contributed by atoms with Gasteiger partial charge in [0.25, 0.3) is 0 Å². The molecule has 7 rings (SSSR count). The SMILES string of the molecule is N#[N+]c1cc(S(=O)(=O)Oc2ccc(C3(c4ccc(OS(=O)(=O)c5cc([N+]#N)c([O-])c6ccccc56)cc4)CCCC3)cc2)c2ccccc2c1[O-]. The Morgan fingerprint density at radius 3 is 1.25 bits per heavy atom. The molecule has 0 atom stereocenters. The quantitative estimate of drug-likeness (QED) is 0.112. The maximum Gasteiger partial charge on any atom is 0.379 e. The molecule has 6 aromatic carbocycles. The summed E-state index contributed by atoms with van der Waals surface area (Å²) in [5, 5.41) is 44.2. The maximum absolute atomic E-state index is 13.4. The highest BCUT2D eigenvalue weighted by Crippen LogP contribution is 2.47. The van der Waals surface area contributed by atoms with Gasteiger partial charge in [-0.05, 0) is 70.5 Å². The first kappa shape index (κ1) is 33.3. The lowest BCUT2D eigenvalue weighted by Crippen LogP contribution is -2.23. The van der Waals surface area contributed by atoms with Gasteiger partial charge >= 0.3 is 31.6 Å². The average molecular weight is 719 g/mol. The van der Waals surface area contributed by atoms with Crippen LogP contribution in [0.4, 0.5) is 11.4 Å². The fourth-order valence-corrected chi connectivity index (χ4v) is 9.20. The molecule has 14 heteroatoms. The van der Waals surface area contributed by atoms with Crippen molar-refractivity contribution in [3.63, 3.8) is 0 Å². The molecular formula is C37H26N4O8S2. The zero-order valence-electron chi connectivity index (χ0n) is 26.6. The number of diazo groups is 2. The lowest BCUT2D eigenvalue weighted by Gasteiger charge is -2.31. The van der Waals surface area contributed by atoms with Crippen LogP contribution >= 0.6 is 0 Å². The molecule has 0 N–H and O–H groups in total. The first-order valence-corrected chi connectivity index (χ1v) is 18.5. The molecule has 0 aromatic heterocycles. The van der Waals surface area contributed by atoms with E-state index in [1.54, 1.807) is 72.8 Å². The van der Waals surface area contributed by atoms with Gasteiger partial charge in [0.2, 0.25) is 10.8 Å². The highest BCUT2D eigenvalue weighted by atomic mass is 32.2. The third kappa shape index (κ3) is 5.80. The second-order valence-corrected chi connectivity index (χ2v) is 15.2. The van der Waals surface area contributed by atoms with E-state index in [4.69, 9.17) is 8.37 Å². The highest BCUT2D eigenvalue weighted by Gasteiger charge is 2.38. The Morgan fingerprint density at radius 2 is 0.902 bits per heavy atom. The molecule has 0 unspecified atom stereocenters. The number of rotatable bonds is 8. The van der Waals surface area contributed by atoms with Crippen LogP contribution in [-0.2, 0) is 25.7 Å². The van der Waals surface area contributed by atoms with Gasteiger partial charge in [0.05, 0.1) is 12.1 Å². The van der Waals surface area contributed by atoms with Gasteiger partial charge in [-0.15, -0.1) is 0 Å². The van der Waals surface area contributed by atoms with Crippen molar-refractivity contribution in [2.75, 3.05) is 0 Å². The Kier molecular flexibility index (Phi) is 8.22. The van der Waals surface area contributed by atoms with E-state index >= 15 is 0 Å². The van der Waals surface area contributed by atoms with Gasteiger partial charge < -0.3 is 18.6 Å². The fraction of sp³-hybridized carbons (Fsp3) is 0.135. The van der Waals surface area contributed by atoms with Gasteiger partial charge in [-0.2, -0.15) is 16.8 Å². The molecule has 1 saturated carbocycles. The zero-order valence-corrected chi connectivity index (χ0v) is 28.2. The second kappa shape index (κ2) is 12.6. The number of nitrogens with zero attached hydrogens (tertiary/aromatic N) is 4. The first-order chi connectivity index (χ1) is 24.5. The molecule has 6 aromatic rings. The van der Waals surface area contributed by atoms with E-state index in [1.807, 2.05) is 0 Å². The summed E-state index contributed by atoms with van der Waals surface area (Å²) >= 11 is 0. The number of fused-ring (bicyclic) bond motifs is 2. The maximum atomic E-state index is 13.4. The summed E-state index contributed by atoms with van der Waals surface area (Å²) in [7, 11) is -8.91. The summed E-state index contributed by atoms with van der Waals surface area (Å²) in [6.45, 7) is 0. The molecule has 254 valence electrons. The molecule has 0 heterocycles. The summed E-state index contributed by atoms with van der Waals surface area (Å²) in [6, 6.07) is 27.4. The topological polar surface area (TPSA) is 189 Å². The second-order valence-electron chi connectivity index (χ2n) is 12.1. The van der Waals surface area contributed by atoms with Crippen LogP contribution in [0.5, 0.6) is 23.0 Å². The van der Waals surface area contributed by atoms with E-state index in [9.17, 15) is 37.8 Å². The van der Waals surface area contributed by atoms with Crippen molar-refractivity contribution in [1.29, 1.82) is 10.8 Å². The minimum Gasteiger partial charge on any atom is -0.867 e. The molecule has 51 heavy (non-hydrogen) atoms. The summed E-state index contributed by atoms with van der Waals surface area (Å²) < 4.78 is 64.6. The molecule has 0 aliphatic heterocycles. The summed E-state index contributed by atoms with van der Waals surface area (Å²) in [6.07, 6.45) is 3.43. The van der Waals surface area contributed by atoms with E-state index in [0.717, 1.165) is 48.9 Å². The van der Waals surface area contributed by atoms with Crippen molar-refractivity contribution < 1.29 is 35.4 Å². The highest BCUT2D eigenvalue weighted by molar-refractivity contribution is 7.87. The van der Waals surface area contributed by atoms with Crippen molar-refractivity contribution in [1.82, 2.24) is 0 Å². The van der Waals surface area contributed by atoms with Crippen molar-refractivity contribution in [3.05, 3.63) is 130 Å². The summed E-state index contributed by atoms with van der Waals surface area (Å²) in [5.41, 5.74) is 0.490. The molecule has 1 aliphatic rings. The molecule has 1 fully saturated rings. The van der Waals surface area contributed by atoms with Crippen LogP contribution in [0.2, 0.25) is 0 Å². The molecule has 0 saturated heterocycles. The number of benzene rings is 6. The van der Waals surface area contributed by atoms with Gasteiger partial charge in [-0.1, -0.05) is 85.6 Å². The molecule has 12 nitrogen and oxygen atoms in total. The van der Waals surface area contributed by atoms with Crippen LogP contribution in [0.15, 0.2) is 119 Å². The van der Waals surface area contributed by atoms with Crippen LogP contribution in [-0.4, -0.2) is 16.8 Å². The van der Waals surface area contributed by atoms with Crippen molar-refractivity contribution in [2.24, 2.45) is 0 Å². The lowest BCUT2D eigenvalue weighted by molar-refractivity contribution is -0.265. The van der Waals surface area contributed by atoms with Gasteiger partial charge in [0.1, 0.15) is 21.3 Å². The Morgan fingerprint density at radius 1 is 0.549 bits per heavy atom. The fourth-order valence-electron chi connectivity index (χ4n) is 6.89. The minimum absolute atomic E-state index is 0.0355. The Bertz CT molecular complexity index is 2480. The van der Waals surface area contributed by atoms with Crippen molar-refractivity contribution in [2.45, 2.75) is 40.9 Å². The Balaban J connectivity index is 1.16. The summed E-state index contributed by atoms with van der Waals surface area (Å²) in [5.74, 6) is -1.16. The monoisotopic (exact) mass is 718 g/mol. The normalized spacial score (nSPS) is 14.2. The van der Waals surface area contributed by atoms with Crippen LogP contribution in [0.3, 0.4) is 0 Å². The van der Waals surface area contributed by atoms with Crippen molar-refractivity contribution in [3.8, 4) is 23.0 Å². The van der Waals surface area contributed by atoms with E-state index in [-0.39, 0.29) is 42.8 Å². The van der Waals surface area contributed by atoms with Gasteiger partial charge in [-0.25, -0.2) is 0 Å². The van der Waals surface area contributed by atoms with Crippen LogP contribution in [0, 0.1) is 10.8 Å². The van der Waals surface area contributed by atoms with Crippen LogP contribution in [0.25, 0.3) is 31.5 Å². The Labute approximate surface area is 292 Å². The van der Waals surface area contributed by atoms with Crippen LogP contribution in [0.1, 0.15) is 36.8 Å². The smallest absolute Gasteiger partial charge is 0.379 e. The number of hydrogen-bond acceptors (Lipinski definition) is 10. The zero-order chi connectivity index (χ0) is 36.0. The predicted molar refractivity (Wildman–Crippen MR) is 184 cm³/mol. The first-order valence-electron chi connectivity index (χ1n) is 15.7. The largest absolute Gasteiger partial charge is 0.867 e. The standard InChI is InChI=1S/C37H26N4O8S2/c38-40-31-21-33(27-7-1-3-9-29(27)35(31)42)50(44,45)48-25-15-11-23(12-16-25)37(19-5-6-20-37)24-13-17-26(18-14-24)49-51(46,47)34-22-32(41-39)36(43)30-10-4-2-8-28(30)34/h1-4,7-18,21-22H,5-6,19-20H2. The average Bonchev–Trinajstić information content (AvgIpc) is 3.63. The van der Waals surface area contributed by atoms with E-state index in [1.165, 1.54) is 24.3 Å². The Hall–Kier alpha value is -6.22. The van der Waals surface area contributed by atoms with Gasteiger partial charge in [-0.3, -0.25) is 0 Å². The molecular weight excluding hydrogens is 693 g/mol. The van der Waals surface area contributed by atoms with E-state index < -0.39 is 48.5 Å². The molecule has 0 bridgehead atoms. The van der Waals surface area contributed by atoms with Gasteiger partial charge in [0.15, 0.2) is 9.95 Å². The molecule has 0 amide bonds. The van der Waals surface area contributed by atoms with Crippen molar-refractivity contribution >= 4 is 53.2 Å². The minimum atomic E-state index is -4.45. The lowest BCUT2D eigenvalue weighted by atomic mass is 9.73. The van der Waals surface area contributed by atoms with E-state index in [0.29, 0.717) is 0 Å². The molecule has 0 spiro atoms. The number of hydrogen-bond donors (Lipinski definition) is 0. The molecule has 1 aliphatic carbocycles. The van der Waals surface area contributed by atoms with Gasteiger partial charge in [0, 0.05) is 16.2 Å². The third-order valence-electron chi connectivity index (χ3n) is 9.31. The predicted octanol–water partition coefficient (Wildman–Crippen LogP) is 7.50.